The number of hydrogen-bond acceptors (Lipinski definition) is 6. The molecule has 2 aromatic rings. The van der Waals surface area contributed by atoms with Gasteiger partial charge in [-0.15, -0.1) is 0 Å². The van der Waals surface area contributed by atoms with E-state index in [-0.39, 0.29) is 11.3 Å². The van der Waals surface area contributed by atoms with Crippen molar-refractivity contribution in [1.82, 2.24) is 20.2 Å². The molecule has 7 nitrogen and oxygen atoms in total. The van der Waals surface area contributed by atoms with Crippen molar-refractivity contribution >= 4 is 5.91 Å². The number of methoxy groups -OCH3 is 2. The average Bonchev–Trinajstić information content (AvgIpc) is 2.81. The first-order valence-corrected chi connectivity index (χ1v) is 11.8. The molecule has 1 amide bonds. The van der Waals surface area contributed by atoms with Crippen LogP contribution in [-0.4, -0.2) is 60.7 Å². The Morgan fingerprint density at radius 3 is 2.55 bits per heavy atom. The van der Waals surface area contributed by atoms with Crippen molar-refractivity contribution < 1.29 is 14.3 Å². The Balaban J connectivity index is 1.52. The largest absolute Gasteiger partial charge is 0.493 e. The molecule has 33 heavy (non-hydrogen) atoms. The summed E-state index contributed by atoms with van der Waals surface area (Å²) < 4.78 is 10.9. The van der Waals surface area contributed by atoms with Crippen LogP contribution in [0.15, 0.2) is 24.3 Å². The fourth-order valence-electron chi connectivity index (χ4n) is 5.09. The second-order valence-corrected chi connectivity index (χ2v) is 10.3. The number of aryl methyl sites for hydroxylation is 1. The molecule has 1 aromatic heterocycles. The van der Waals surface area contributed by atoms with E-state index in [4.69, 9.17) is 19.4 Å². The minimum absolute atomic E-state index is 0.118. The summed E-state index contributed by atoms with van der Waals surface area (Å²) >= 11 is 0. The van der Waals surface area contributed by atoms with Gasteiger partial charge in [0.2, 0.25) is 5.91 Å². The molecule has 1 unspecified atom stereocenters. The number of piperidine rings is 3. The fraction of sp³-hybridized carbons (Fsp3) is 0.577. The van der Waals surface area contributed by atoms with Crippen LogP contribution in [0.4, 0.5) is 0 Å². The molecule has 3 saturated heterocycles. The lowest BCUT2D eigenvalue weighted by Gasteiger charge is -2.50. The lowest BCUT2D eigenvalue weighted by Crippen LogP contribution is -2.56. The van der Waals surface area contributed by atoms with Gasteiger partial charge in [0.1, 0.15) is 5.82 Å². The summed E-state index contributed by atoms with van der Waals surface area (Å²) in [5.41, 5.74) is 2.65. The Hall–Kier alpha value is -2.67. The Morgan fingerprint density at radius 1 is 1.15 bits per heavy atom. The van der Waals surface area contributed by atoms with Gasteiger partial charge < -0.3 is 14.8 Å². The number of carbonyl (C=O) groups is 1. The van der Waals surface area contributed by atoms with Crippen LogP contribution in [0.1, 0.15) is 51.0 Å². The first-order valence-electron chi connectivity index (χ1n) is 11.8. The zero-order chi connectivity index (χ0) is 23.8. The number of nitrogens with zero attached hydrogens (tertiary/aromatic N) is 3. The van der Waals surface area contributed by atoms with E-state index in [1.807, 2.05) is 45.9 Å². The average molecular weight is 453 g/mol. The topological polar surface area (TPSA) is 76.6 Å². The molecule has 1 aromatic carbocycles. The molecule has 2 bridgehead atoms. The molecule has 3 aliphatic rings. The molecule has 3 aliphatic heterocycles. The van der Waals surface area contributed by atoms with Crippen molar-refractivity contribution in [2.75, 3.05) is 33.9 Å². The van der Waals surface area contributed by atoms with E-state index in [0.29, 0.717) is 29.4 Å². The number of carbonyl (C=O) groups excluding carboxylic acids is 1. The van der Waals surface area contributed by atoms with Crippen molar-refractivity contribution in [3.63, 3.8) is 0 Å². The number of ether oxygens (including phenoxy) is 2. The van der Waals surface area contributed by atoms with Crippen molar-refractivity contribution in [3.8, 4) is 22.8 Å². The molecular weight excluding hydrogens is 416 g/mol. The fourth-order valence-corrected chi connectivity index (χ4v) is 5.09. The molecule has 0 spiro atoms. The summed E-state index contributed by atoms with van der Waals surface area (Å²) in [6.07, 6.45) is 2.26. The Labute approximate surface area is 196 Å². The summed E-state index contributed by atoms with van der Waals surface area (Å²) in [7, 11) is 3.28. The van der Waals surface area contributed by atoms with Gasteiger partial charge in [0, 0.05) is 41.7 Å². The van der Waals surface area contributed by atoms with Crippen LogP contribution in [-0.2, 0) is 4.79 Å². The lowest BCUT2D eigenvalue weighted by molar-refractivity contribution is -0.129. The van der Waals surface area contributed by atoms with E-state index in [1.54, 1.807) is 14.2 Å². The van der Waals surface area contributed by atoms with Crippen LogP contribution in [0, 0.1) is 18.3 Å². The normalized spacial score (nSPS) is 24.4. The van der Waals surface area contributed by atoms with E-state index < -0.39 is 0 Å². The Morgan fingerprint density at radius 2 is 1.91 bits per heavy atom. The van der Waals surface area contributed by atoms with Gasteiger partial charge in [0.15, 0.2) is 11.5 Å². The second kappa shape index (κ2) is 9.29. The highest BCUT2D eigenvalue weighted by atomic mass is 16.5. The van der Waals surface area contributed by atoms with Crippen LogP contribution in [0.3, 0.4) is 0 Å². The van der Waals surface area contributed by atoms with E-state index >= 15 is 0 Å². The van der Waals surface area contributed by atoms with Crippen molar-refractivity contribution in [1.29, 1.82) is 0 Å². The van der Waals surface area contributed by atoms with Crippen LogP contribution in [0.5, 0.6) is 11.5 Å². The van der Waals surface area contributed by atoms with Crippen molar-refractivity contribution in [2.24, 2.45) is 11.3 Å². The molecule has 0 aliphatic carbocycles. The molecule has 0 saturated carbocycles. The van der Waals surface area contributed by atoms with Gasteiger partial charge in [-0.3, -0.25) is 9.69 Å². The van der Waals surface area contributed by atoms with Gasteiger partial charge in [-0.1, -0.05) is 20.8 Å². The Bertz CT molecular complexity index is 1020. The predicted molar refractivity (Wildman–Crippen MR) is 129 cm³/mol. The molecule has 5 rings (SSSR count). The minimum atomic E-state index is -0.357. The summed E-state index contributed by atoms with van der Waals surface area (Å²) in [6.45, 7) is 10.6. The summed E-state index contributed by atoms with van der Waals surface area (Å²) in [5, 5.41) is 3.16. The van der Waals surface area contributed by atoms with E-state index in [0.717, 1.165) is 48.8 Å². The maximum absolute atomic E-state index is 12.3. The van der Waals surface area contributed by atoms with Gasteiger partial charge in [-0.2, -0.15) is 0 Å². The maximum atomic E-state index is 12.3. The van der Waals surface area contributed by atoms with E-state index in [1.165, 1.54) is 6.42 Å². The third-order valence-corrected chi connectivity index (χ3v) is 6.97. The van der Waals surface area contributed by atoms with Crippen molar-refractivity contribution in [2.45, 2.75) is 52.5 Å². The highest BCUT2D eigenvalue weighted by Crippen LogP contribution is 2.42. The van der Waals surface area contributed by atoms with Gasteiger partial charge in [0.25, 0.3) is 0 Å². The smallest absolute Gasteiger partial charge is 0.225 e. The van der Waals surface area contributed by atoms with Crippen LogP contribution < -0.4 is 14.8 Å². The number of hydrogen-bond donors (Lipinski definition) is 1. The highest BCUT2D eigenvalue weighted by Gasteiger charge is 2.41. The molecule has 3 fully saturated rings. The van der Waals surface area contributed by atoms with Crippen LogP contribution in [0.25, 0.3) is 11.3 Å². The van der Waals surface area contributed by atoms with Crippen molar-refractivity contribution in [3.05, 3.63) is 35.8 Å². The van der Waals surface area contributed by atoms with Gasteiger partial charge in [-0.25, -0.2) is 9.97 Å². The summed E-state index contributed by atoms with van der Waals surface area (Å²) in [6, 6.07) is 8.43. The van der Waals surface area contributed by atoms with Crippen LogP contribution >= 0.6 is 0 Å². The maximum Gasteiger partial charge on any atom is 0.225 e. The third-order valence-electron chi connectivity index (χ3n) is 6.97. The number of benzene rings is 1. The number of fused-ring (bicyclic) bond motifs is 3. The number of nitrogens with one attached hydrogen (secondary N) is 1. The molecule has 4 heterocycles. The van der Waals surface area contributed by atoms with Gasteiger partial charge >= 0.3 is 0 Å². The van der Waals surface area contributed by atoms with E-state index in [9.17, 15) is 4.79 Å². The number of rotatable bonds is 6. The molecule has 0 radical (unpaired) electrons. The first-order chi connectivity index (χ1) is 15.7. The minimum Gasteiger partial charge on any atom is -0.493 e. The molecule has 7 heteroatoms. The monoisotopic (exact) mass is 452 g/mol. The third kappa shape index (κ3) is 4.98. The SMILES string of the molecule is COc1ccc(-c2cc([C@H]3CN4CC[C@H]3C[C@@H]4CNC(=O)C(C)(C)C)nc(C)n2)cc1OC. The zero-order valence-corrected chi connectivity index (χ0v) is 20.6. The second-order valence-electron chi connectivity index (χ2n) is 10.3. The summed E-state index contributed by atoms with van der Waals surface area (Å²) in [4.78, 5) is 24.4. The van der Waals surface area contributed by atoms with Gasteiger partial charge in [-0.05, 0) is 56.5 Å². The van der Waals surface area contributed by atoms with Crippen LogP contribution in [0.2, 0.25) is 0 Å². The van der Waals surface area contributed by atoms with E-state index in [2.05, 4.69) is 16.3 Å². The molecule has 1 N–H and O–H groups in total. The standard InChI is InChI=1S/C26H36N4O3/c1-16-28-21(18-7-8-23(32-5)24(12-18)33-6)13-22(29-16)20-15-30-10-9-17(20)11-19(30)14-27-25(31)26(2,3)4/h7-8,12-13,17,19-20H,9-11,14-15H2,1-6H3,(H,27,31)/t17-,19+,20-/m0/s1. The number of aromatic nitrogens is 2. The van der Waals surface area contributed by atoms with Gasteiger partial charge in [0.05, 0.1) is 19.9 Å². The quantitative estimate of drug-likeness (QED) is 0.718. The highest BCUT2D eigenvalue weighted by molar-refractivity contribution is 5.81. The molecule has 4 atom stereocenters. The predicted octanol–water partition coefficient (Wildman–Crippen LogP) is 3.81. The summed E-state index contributed by atoms with van der Waals surface area (Å²) in [5.74, 6) is 3.24. The zero-order valence-electron chi connectivity index (χ0n) is 20.6. The molecule has 178 valence electrons. The molecular formula is C26H36N4O3. The number of amides is 1. The lowest BCUT2D eigenvalue weighted by atomic mass is 9.74. The Kier molecular flexibility index (Phi) is 6.61. The first kappa shape index (κ1) is 23.5.